The second-order valence-electron chi connectivity index (χ2n) is 3.22. The van der Waals surface area contributed by atoms with Crippen LogP contribution < -0.4 is 0 Å². The molecule has 16 heavy (non-hydrogen) atoms. The fourth-order valence-electron chi connectivity index (χ4n) is 1.42. The van der Waals surface area contributed by atoms with Crippen LogP contribution in [-0.4, -0.2) is 0 Å². The van der Waals surface area contributed by atoms with Gasteiger partial charge in [-0.1, -0.05) is 18.2 Å². The van der Waals surface area contributed by atoms with Gasteiger partial charge in [0.25, 0.3) is 0 Å². The first kappa shape index (κ1) is 12.3. The Labute approximate surface area is 91.8 Å². The molecule has 0 aliphatic heterocycles. The van der Waals surface area contributed by atoms with Crippen LogP contribution in [0.25, 0.3) is 0 Å². The van der Waals surface area contributed by atoms with E-state index in [2.05, 4.69) is 13.5 Å². The highest BCUT2D eigenvalue weighted by molar-refractivity contribution is 5.47. The molecule has 4 heteroatoms. The van der Waals surface area contributed by atoms with Gasteiger partial charge >= 0.3 is 6.18 Å². The second-order valence-corrected chi connectivity index (χ2v) is 3.22. The molecule has 1 aromatic carbocycles. The molecule has 0 saturated carbocycles. The molecule has 0 bridgehead atoms. The Balaban J connectivity index is 3.51. The van der Waals surface area contributed by atoms with Gasteiger partial charge in [0.2, 0.25) is 0 Å². The third-order valence-corrected chi connectivity index (χ3v) is 2.18. The molecule has 0 spiro atoms. The number of halogens is 3. The second kappa shape index (κ2) is 4.40. The van der Waals surface area contributed by atoms with Crippen molar-refractivity contribution < 1.29 is 13.2 Å². The summed E-state index contributed by atoms with van der Waals surface area (Å²) in [6.07, 6.45) is -3.24. The maximum atomic E-state index is 12.8. The lowest BCUT2D eigenvalue weighted by molar-refractivity contribution is -0.138. The van der Waals surface area contributed by atoms with E-state index >= 15 is 0 Å². The minimum Gasteiger partial charge on any atom is -0.192 e. The third kappa shape index (κ3) is 2.25. The van der Waals surface area contributed by atoms with Crippen molar-refractivity contribution in [1.82, 2.24) is 0 Å². The molecule has 1 aromatic rings. The lowest BCUT2D eigenvalue weighted by atomic mass is 9.92. The molecule has 1 nitrogen and oxygen atoms in total. The molecule has 0 amide bonds. The monoisotopic (exact) mass is 224 g/mol. The minimum atomic E-state index is -4.55. The molecule has 0 N–H and O–H groups in total. The van der Waals surface area contributed by atoms with Gasteiger partial charge in [-0.25, -0.2) is 0 Å². The van der Waals surface area contributed by atoms with Gasteiger partial charge in [0.1, 0.15) is 0 Å². The fraction of sp³-hybridized carbons (Fsp3) is 0.167. The lowest BCUT2D eigenvalue weighted by Gasteiger charge is -2.16. The van der Waals surface area contributed by atoms with E-state index in [1.165, 1.54) is 24.3 Å². The highest BCUT2D eigenvalue weighted by atomic mass is 19.4. The standard InChI is InChI=1S/C12H9F3N/c1-3-8(2)10-6-4-5-9(7-16)11(10)12(13,14)15/h3-6,8H,1-2H2. The largest absolute Gasteiger partial charge is 0.417 e. The van der Waals surface area contributed by atoms with Crippen LogP contribution in [0.4, 0.5) is 13.2 Å². The Morgan fingerprint density at radius 1 is 1.38 bits per heavy atom. The van der Waals surface area contributed by atoms with Gasteiger partial charge in [0, 0.05) is 5.92 Å². The normalized spacial score (nSPS) is 12.9. The summed E-state index contributed by atoms with van der Waals surface area (Å²) in [5.41, 5.74) is -1.33. The van der Waals surface area contributed by atoms with Crippen LogP contribution >= 0.6 is 0 Å². The average Bonchev–Trinajstić information content (AvgIpc) is 2.25. The van der Waals surface area contributed by atoms with E-state index in [1.54, 1.807) is 0 Å². The number of allylic oxidation sites excluding steroid dienone is 1. The summed E-state index contributed by atoms with van der Waals surface area (Å²) in [4.78, 5) is 0. The molecule has 0 aliphatic carbocycles. The van der Waals surface area contributed by atoms with Gasteiger partial charge in [0.15, 0.2) is 0 Å². The van der Waals surface area contributed by atoms with E-state index in [4.69, 9.17) is 5.26 Å². The number of benzene rings is 1. The Hall–Kier alpha value is -1.76. The lowest BCUT2D eigenvalue weighted by Crippen LogP contribution is -2.13. The van der Waals surface area contributed by atoms with Crippen molar-refractivity contribution in [2.45, 2.75) is 12.1 Å². The van der Waals surface area contributed by atoms with Gasteiger partial charge in [-0.15, -0.1) is 6.58 Å². The van der Waals surface area contributed by atoms with Crippen molar-refractivity contribution in [3.8, 4) is 6.07 Å². The maximum Gasteiger partial charge on any atom is 0.417 e. The molecule has 1 radical (unpaired) electrons. The van der Waals surface area contributed by atoms with Crippen molar-refractivity contribution >= 4 is 0 Å². The summed E-state index contributed by atoms with van der Waals surface area (Å²) in [5.74, 6) is -0.690. The number of alkyl halides is 3. The van der Waals surface area contributed by atoms with Crippen LogP contribution in [0.5, 0.6) is 0 Å². The van der Waals surface area contributed by atoms with Crippen LogP contribution in [0.1, 0.15) is 22.6 Å². The summed E-state index contributed by atoms with van der Waals surface area (Å²) in [6, 6.07) is 5.40. The Morgan fingerprint density at radius 3 is 2.44 bits per heavy atom. The molecule has 83 valence electrons. The van der Waals surface area contributed by atoms with E-state index in [9.17, 15) is 13.2 Å². The Kier molecular flexibility index (Phi) is 3.38. The molecule has 1 rings (SSSR count). The first-order chi connectivity index (χ1) is 7.41. The number of nitrogens with zero attached hydrogens (tertiary/aromatic N) is 1. The molecular weight excluding hydrogens is 215 g/mol. The molecule has 1 atom stereocenters. The number of hydrogen-bond donors (Lipinski definition) is 0. The molecule has 0 aromatic heterocycles. The van der Waals surface area contributed by atoms with Crippen molar-refractivity contribution in [2.75, 3.05) is 0 Å². The zero-order valence-corrected chi connectivity index (χ0v) is 8.38. The van der Waals surface area contributed by atoms with E-state index < -0.39 is 17.7 Å². The summed E-state index contributed by atoms with van der Waals surface area (Å²) >= 11 is 0. The maximum absolute atomic E-state index is 12.8. The Morgan fingerprint density at radius 2 is 2.00 bits per heavy atom. The van der Waals surface area contributed by atoms with E-state index in [1.807, 2.05) is 0 Å². The van der Waals surface area contributed by atoms with Gasteiger partial charge in [-0.05, 0) is 18.6 Å². The summed E-state index contributed by atoms with van der Waals surface area (Å²) in [5, 5.41) is 8.66. The van der Waals surface area contributed by atoms with Gasteiger partial charge in [-0.3, -0.25) is 0 Å². The van der Waals surface area contributed by atoms with Gasteiger partial charge < -0.3 is 0 Å². The molecule has 0 saturated heterocycles. The average molecular weight is 224 g/mol. The molecule has 1 unspecified atom stereocenters. The smallest absolute Gasteiger partial charge is 0.192 e. The van der Waals surface area contributed by atoms with Gasteiger partial charge in [-0.2, -0.15) is 18.4 Å². The zero-order chi connectivity index (χ0) is 12.3. The summed E-state index contributed by atoms with van der Waals surface area (Å²) in [6.45, 7) is 6.95. The number of hydrogen-bond acceptors (Lipinski definition) is 1. The molecule has 0 heterocycles. The van der Waals surface area contributed by atoms with Crippen molar-refractivity contribution in [3.05, 3.63) is 54.5 Å². The van der Waals surface area contributed by atoms with Crippen molar-refractivity contribution in [3.63, 3.8) is 0 Å². The summed E-state index contributed by atoms with van der Waals surface area (Å²) < 4.78 is 38.3. The van der Waals surface area contributed by atoms with E-state index in [0.29, 0.717) is 0 Å². The minimum absolute atomic E-state index is 0.0263. The fourth-order valence-corrected chi connectivity index (χ4v) is 1.42. The highest BCUT2D eigenvalue weighted by Gasteiger charge is 2.36. The SMILES string of the molecule is [CH2]C(C=C)c1cccc(C#N)c1C(F)(F)F. The van der Waals surface area contributed by atoms with Crippen molar-refractivity contribution in [2.24, 2.45) is 0 Å². The van der Waals surface area contributed by atoms with Crippen LogP contribution in [-0.2, 0) is 6.18 Å². The number of nitriles is 1. The van der Waals surface area contributed by atoms with Crippen LogP contribution in [0, 0.1) is 18.3 Å². The van der Waals surface area contributed by atoms with Crippen LogP contribution in [0.15, 0.2) is 30.9 Å². The molecular formula is C12H9F3N. The highest BCUT2D eigenvalue weighted by Crippen LogP contribution is 2.37. The topological polar surface area (TPSA) is 23.8 Å². The Bertz CT molecular complexity index is 441. The molecule has 0 aliphatic rings. The van der Waals surface area contributed by atoms with Crippen LogP contribution in [0.3, 0.4) is 0 Å². The van der Waals surface area contributed by atoms with Gasteiger partial charge in [0.05, 0.1) is 17.2 Å². The third-order valence-electron chi connectivity index (χ3n) is 2.18. The van der Waals surface area contributed by atoms with Crippen LogP contribution in [0.2, 0.25) is 0 Å². The molecule has 0 fully saturated rings. The van der Waals surface area contributed by atoms with Crippen molar-refractivity contribution in [1.29, 1.82) is 5.26 Å². The quantitative estimate of drug-likeness (QED) is 0.703. The first-order valence-corrected chi connectivity index (χ1v) is 4.47. The number of rotatable bonds is 2. The predicted octanol–water partition coefficient (Wildman–Crippen LogP) is 3.68. The zero-order valence-electron chi connectivity index (χ0n) is 8.38. The first-order valence-electron chi connectivity index (χ1n) is 4.47. The summed E-state index contributed by atoms with van der Waals surface area (Å²) in [7, 11) is 0. The predicted molar refractivity (Wildman–Crippen MR) is 54.5 cm³/mol. The van der Waals surface area contributed by atoms with E-state index in [0.717, 1.165) is 6.07 Å². The van der Waals surface area contributed by atoms with E-state index in [-0.39, 0.29) is 11.1 Å².